The Morgan fingerprint density at radius 2 is 1.46 bits per heavy atom. The first-order chi connectivity index (χ1) is 22.7. The molecule has 7 nitrogen and oxygen atoms in total. The molecule has 2 amide bonds. The highest BCUT2D eigenvalue weighted by Crippen LogP contribution is 2.42. The van der Waals surface area contributed by atoms with E-state index in [0.717, 1.165) is 20.6 Å². The molecule has 11 heteroatoms. The number of halogens is 2. The van der Waals surface area contributed by atoms with Crippen molar-refractivity contribution < 1.29 is 18.8 Å². The second kappa shape index (κ2) is 14.4. The molecule has 0 aliphatic heterocycles. The van der Waals surface area contributed by atoms with Gasteiger partial charge in [0.05, 0.1) is 9.53 Å². The molecule has 250 valence electrons. The van der Waals surface area contributed by atoms with Crippen LogP contribution in [0, 0.1) is 0 Å². The Bertz CT molecular complexity index is 1870. The summed E-state index contributed by atoms with van der Waals surface area (Å²) in [6, 6.07) is 31.7. The number of fused-ring (bicyclic) bond motifs is 1. The average molecular weight is 765 g/mol. The lowest BCUT2D eigenvalue weighted by Gasteiger charge is -2.43. The summed E-state index contributed by atoms with van der Waals surface area (Å²) in [6.07, 6.45) is -0.199. The van der Waals surface area contributed by atoms with Gasteiger partial charge in [0.2, 0.25) is 5.91 Å². The van der Waals surface area contributed by atoms with Gasteiger partial charge < -0.3 is 14.5 Å². The largest absolute Gasteiger partial charge is 0.532 e. The Labute approximate surface area is 300 Å². The lowest BCUT2D eigenvalue weighted by molar-refractivity contribution is -0.115. The van der Waals surface area contributed by atoms with Crippen molar-refractivity contribution in [1.82, 2.24) is 4.98 Å². The van der Waals surface area contributed by atoms with Crippen molar-refractivity contribution >= 4 is 90.6 Å². The average Bonchev–Trinajstić information content (AvgIpc) is 3.42. The fraction of sp³-hybridized carbons (Fsp3) is 0.270. The molecule has 2 N–H and O–H groups in total. The molecule has 0 saturated carbocycles. The fourth-order valence-corrected chi connectivity index (χ4v) is 11.6. The van der Waals surface area contributed by atoms with Gasteiger partial charge in [-0.3, -0.25) is 10.1 Å². The summed E-state index contributed by atoms with van der Waals surface area (Å²) in [7, 11) is -3.09. The number of nitrogens with zero attached hydrogens (tertiary/aromatic N) is 1. The summed E-state index contributed by atoms with van der Waals surface area (Å²) in [5, 5.41) is 8.66. The number of alkyl halides is 1. The van der Waals surface area contributed by atoms with Crippen LogP contribution in [0.3, 0.4) is 0 Å². The van der Waals surface area contributed by atoms with Gasteiger partial charge in [-0.25, -0.2) is 9.78 Å². The number of aromatic nitrogens is 1. The molecule has 0 spiro atoms. The predicted molar refractivity (Wildman–Crippen MR) is 204 cm³/mol. The van der Waals surface area contributed by atoms with Crippen molar-refractivity contribution in [1.29, 1.82) is 0 Å². The number of nitrogens with one attached hydrogen (secondary N) is 2. The van der Waals surface area contributed by atoms with E-state index in [4.69, 9.17) is 25.7 Å². The van der Waals surface area contributed by atoms with Crippen LogP contribution < -0.4 is 25.4 Å². The number of hydrogen-bond acceptors (Lipinski definition) is 6. The van der Waals surface area contributed by atoms with E-state index in [1.165, 1.54) is 11.3 Å². The molecule has 0 aliphatic carbocycles. The maximum absolute atomic E-state index is 13.5. The van der Waals surface area contributed by atoms with Gasteiger partial charge in [-0.1, -0.05) is 139 Å². The summed E-state index contributed by atoms with van der Waals surface area (Å²) in [6.45, 7) is 12.0. The van der Waals surface area contributed by atoms with E-state index in [1.54, 1.807) is 20.8 Å². The Morgan fingerprint density at radius 3 is 2.02 bits per heavy atom. The first kappa shape index (κ1) is 35.6. The van der Waals surface area contributed by atoms with Crippen LogP contribution in [0.1, 0.15) is 47.1 Å². The van der Waals surface area contributed by atoms with Crippen molar-refractivity contribution in [3.63, 3.8) is 0 Å². The molecular formula is C37H39BrClN3O4SSi. The monoisotopic (exact) mass is 763 g/mol. The summed E-state index contributed by atoms with van der Waals surface area (Å²) >= 11 is 11.2. The van der Waals surface area contributed by atoms with Gasteiger partial charge in [0.15, 0.2) is 5.13 Å². The van der Waals surface area contributed by atoms with Crippen LogP contribution in [0.5, 0.6) is 5.75 Å². The molecule has 0 bridgehead atoms. The minimum Gasteiger partial charge on any atom is -0.532 e. The van der Waals surface area contributed by atoms with Crippen LogP contribution >= 0.6 is 38.9 Å². The van der Waals surface area contributed by atoms with E-state index in [9.17, 15) is 9.59 Å². The summed E-state index contributed by atoms with van der Waals surface area (Å²) < 4.78 is 13.6. The van der Waals surface area contributed by atoms with Crippen molar-refractivity contribution in [3.05, 3.63) is 108 Å². The van der Waals surface area contributed by atoms with Crippen LogP contribution in [-0.4, -0.2) is 35.7 Å². The number of thiazole rings is 1. The van der Waals surface area contributed by atoms with Gasteiger partial charge in [-0.15, -0.1) is 0 Å². The lowest BCUT2D eigenvalue weighted by atomic mass is 10.1. The number of rotatable bonds is 9. The molecular weight excluding hydrogens is 726 g/mol. The second-order valence-corrected chi connectivity index (χ2v) is 20.2. The SMILES string of the molecule is CC(C)(C)OC(=O)Nc1nc2c(O[Si](c3ccccc3)(c3ccccc3)C(C)(C)C)cc(NC(=O)C(Br)Cc3ccccc3Cl)cc2s1. The van der Waals surface area contributed by atoms with Gasteiger partial charge in [-0.2, -0.15) is 0 Å². The minimum absolute atomic E-state index is 0.234. The molecule has 1 aromatic heterocycles. The van der Waals surface area contributed by atoms with Crippen LogP contribution in [0.25, 0.3) is 10.2 Å². The van der Waals surface area contributed by atoms with E-state index in [2.05, 4.69) is 71.6 Å². The van der Waals surface area contributed by atoms with E-state index >= 15 is 0 Å². The third-order valence-electron chi connectivity index (χ3n) is 7.66. The molecule has 1 unspecified atom stereocenters. The zero-order chi connectivity index (χ0) is 34.7. The van der Waals surface area contributed by atoms with Gasteiger partial charge in [0.1, 0.15) is 16.9 Å². The minimum atomic E-state index is -3.09. The number of carbonyl (C=O) groups excluding carboxylic acids is 2. The summed E-state index contributed by atoms with van der Waals surface area (Å²) in [5.74, 6) is 0.269. The third kappa shape index (κ3) is 8.11. The third-order valence-corrected chi connectivity index (χ3v) is 14.6. The molecule has 5 rings (SSSR count). The van der Waals surface area contributed by atoms with Crippen LogP contribution in [-0.2, 0) is 16.0 Å². The first-order valence-corrected chi connectivity index (χ1v) is 19.6. The summed E-state index contributed by atoms with van der Waals surface area (Å²) in [4.78, 5) is 30.5. The molecule has 0 fully saturated rings. The van der Waals surface area contributed by atoms with Crippen molar-refractivity contribution in [2.24, 2.45) is 0 Å². The zero-order valence-electron chi connectivity index (χ0n) is 27.8. The van der Waals surface area contributed by atoms with Crippen molar-refractivity contribution in [2.75, 3.05) is 10.6 Å². The Morgan fingerprint density at radius 1 is 0.875 bits per heavy atom. The highest BCUT2D eigenvalue weighted by Gasteiger charge is 2.52. The number of amides is 2. The number of carbonyl (C=O) groups is 2. The quantitative estimate of drug-likeness (QED) is 0.116. The smallest absolute Gasteiger partial charge is 0.413 e. The van der Waals surface area contributed by atoms with Gasteiger partial charge in [-0.05, 0) is 60.3 Å². The topological polar surface area (TPSA) is 89.6 Å². The Hall–Kier alpha value is -3.70. The molecule has 0 radical (unpaired) electrons. The molecule has 4 aromatic carbocycles. The molecule has 48 heavy (non-hydrogen) atoms. The number of anilines is 2. The standard InChI is InChI=1S/C37H39BrClN3O4SSi/c1-36(2,3)45-35(44)42-34-41-32-30(46-48(37(4,5)6,26-16-9-7-10-17-26)27-18-11-8-12-19-27)22-25(23-31(32)47-34)40-33(43)28(38)21-24-15-13-14-20-29(24)39/h7-20,22-23,28H,21H2,1-6H3,(H,40,43)(H,41,42,44). The number of benzene rings is 4. The van der Waals surface area contributed by atoms with Crippen molar-refractivity contribution in [3.8, 4) is 5.75 Å². The Balaban J connectivity index is 1.61. The van der Waals surface area contributed by atoms with E-state index in [-0.39, 0.29) is 10.9 Å². The maximum atomic E-state index is 13.5. The first-order valence-electron chi connectivity index (χ1n) is 15.6. The number of hydrogen-bond donors (Lipinski definition) is 2. The molecule has 0 saturated heterocycles. The van der Waals surface area contributed by atoms with E-state index < -0.39 is 24.8 Å². The zero-order valence-corrected chi connectivity index (χ0v) is 31.9. The van der Waals surface area contributed by atoms with Gasteiger partial charge >= 0.3 is 14.4 Å². The molecule has 0 aliphatic rings. The second-order valence-electron chi connectivity index (χ2n) is 13.5. The normalized spacial score (nSPS) is 12.8. The highest BCUT2D eigenvalue weighted by molar-refractivity contribution is 9.10. The fourth-order valence-electron chi connectivity index (χ4n) is 5.58. The highest BCUT2D eigenvalue weighted by atomic mass is 79.9. The molecule has 1 heterocycles. The Kier molecular flexibility index (Phi) is 10.7. The number of ether oxygens (including phenoxy) is 1. The van der Waals surface area contributed by atoms with Crippen LogP contribution in [0.15, 0.2) is 97.1 Å². The van der Waals surface area contributed by atoms with Gasteiger partial charge in [0, 0.05) is 16.8 Å². The molecule has 5 aromatic rings. The van der Waals surface area contributed by atoms with Crippen LogP contribution in [0.2, 0.25) is 10.1 Å². The lowest BCUT2D eigenvalue weighted by Crippen LogP contribution is -2.68. The predicted octanol–water partition coefficient (Wildman–Crippen LogP) is 9.18. The van der Waals surface area contributed by atoms with Gasteiger partial charge in [0.25, 0.3) is 0 Å². The van der Waals surface area contributed by atoms with Crippen LogP contribution in [0.4, 0.5) is 15.6 Å². The van der Waals surface area contributed by atoms with Crippen molar-refractivity contribution in [2.45, 2.75) is 63.4 Å². The maximum Gasteiger partial charge on any atom is 0.413 e. The van der Waals surface area contributed by atoms with E-state index in [0.29, 0.717) is 33.5 Å². The summed E-state index contributed by atoms with van der Waals surface area (Å²) in [5.41, 5.74) is 1.30. The van der Waals surface area contributed by atoms with E-state index in [1.807, 2.05) is 72.8 Å². The molecule has 1 atom stereocenters.